The van der Waals surface area contributed by atoms with E-state index in [-0.39, 0.29) is 5.56 Å². The van der Waals surface area contributed by atoms with Gasteiger partial charge in [-0.3, -0.25) is 0 Å². The molecule has 0 aliphatic rings. The number of nitrogens with one attached hydrogen (secondary N) is 1. The van der Waals surface area contributed by atoms with Crippen molar-refractivity contribution in [3.63, 3.8) is 0 Å². The van der Waals surface area contributed by atoms with E-state index in [4.69, 9.17) is 9.52 Å². The molecule has 0 fully saturated rings. The zero-order chi connectivity index (χ0) is 14.7. The van der Waals surface area contributed by atoms with Gasteiger partial charge in [-0.25, -0.2) is 9.78 Å². The lowest BCUT2D eigenvalue weighted by Crippen LogP contribution is -2.13. The zero-order valence-corrected chi connectivity index (χ0v) is 11.5. The third-order valence-corrected chi connectivity index (χ3v) is 2.69. The summed E-state index contributed by atoms with van der Waals surface area (Å²) in [6, 6.07) is 3.25. The van der Waals surface area contributed by atoms with Gasteiger partial charge in [0.1, 0.15) is 22.9 Å². The number of rotatable bonds is 5. The molecule has 0 aliphatic carbocycles. The zero-order valence-electron chi connectivity index (χ0n) is 11.5. The van der Waals surface area contributed by atoms with Crippen LogP contribution >= 0.6 is 0 Å². The van der Waals surface area contributed by atoms with Crippen LogP contribution in [0.15, 0.2) is 22.7 Å². The fraction of sp³-hybridized carbons (Fsp3) is 0.308. The maximum atomic E-state index is 10.9. The van der Waals surface area contributed by atoms with Gasteiger partial charge in [0.2, 0.25) is 5.95 Å². The van der Waals surface area contributed by atoms with Gasteiger partial charge in [-0.2, -0.15) is 4.98 Å². The number of aryl methyl sites for hydroxylation is 1. The maximum absolute atomic E-state index is 10.9. The van der Waals surface area contributed by atoms with Gasteiger partial charge in [-0.1, -0.05) is 0 Å². The number of hydrogen-bond acceptors (Lipinski definition) is 6. The standard InChI is InChI=1S/C13H16N4O3/c1-8-10(12(18)19)6-9(20-8)7-15-11-4-5-14-13(16-11)17(2)3/h4-6H,7H2,1-3H3,(H,18,19)(H,14,15,16). The molecule has 0 saturated carbocycles. The number of carbonyl (C=O) groups is 1. The van der Waals surface area contributed by atoms with Crippen LogP contribution in [-0.2, 0) is 6.54 Å². The highest BCUT2D eigenvalue weighted by Gasteiger charge is 2.13. The first-order valence-corrected chi connectivity index (χ1v) is 6.04. The smallest absolute Gasteiger partial charge is 0.339 e. The van der Waals surface area contributed by atoms with Gasteiger partial charge in [0, 0.05) is 20.3 Å². The molecule has 0 amide bonds. The van der Waals surface area contributed by atoms with E-state index in [1.54, 1.807) is 24.1 Å². The number of nitrogens with zero attached hydrogens (tertiary/aromatic N) is 3. The fourth-order valence-corrected chi connectivity index (χ4v) is 1.68. The number of furan rings is 1. The molecule has 2 heterocycles. The van der Waals surface area contributed by atoms with E-state index in [9.17, 15) is 4.79 Å². The average molecular weight is 276 g/mol. The molecule has 20 heavy (non-hydrogen) atoms. The number of carboxylic acid groups (broad SMARTS) is 1. The molecule has 106 valence electrons. The van der Waals surface area contributed by atoms with E-state index in [2.05, 4.69) is 15.3 Å². The van der Waals surface area contributed by atoms with Gasteiger partial charge >= 0.3 is 5.97 Å². The lowest BCUT2D eigenvalue weighted by atomic mass is 10.2. The molecule has 7 nitrogen and oxygen atoms in total. The largest absolute Gasteiger partial charge is 0.478 e. The summed E-state index contributed by atoms with van der Waals surface area (Å²) < 4.78 is 5.38. The SMILES string of the molecule is Cc1oc(CNc2ccnc(N(C)C)n2)cc1C(=O)O. The van der Waals surface area contributed by atoms with Crippen LogP contribution in [0.1, 0.15) is 21.9 Å². The van der Waals surface area contributed by atoms with Gasteiger partial charge < -0.3 is 19.7 Å². The van der Waals surface area contributed by atoms with Crippen LogP contribution < -0.4 is 10.2 Å². The molecule has 0 radical (unpaired) electrons. The van der Waals surface area contributed by atoms with Crippen molar-refractivity contribution in [2.75, 3.05) is 24.3 Å². The molecular weight excluding hydrogens is 260 g/mol. The Morgan fingerprint density at radius 2 is 2.25 bits per heavy atom. The Morgan fingerprint density at radius 1 is 1.50 bits per heavy atom. The minimum absolute atomic E-state index is 0.179. The molecule has 0 aliphatic heterocycles. The Labute approximate surface area is 116 Å². The van der Waals surface area contributed by atoms with Crippen LogP contribution in [-0.4, -0.2) is 35.1 Å². The second-order valence-electron chi connectivity index (χ2n) is 4.48. The summed E-state index contributed by atoms with van der Waals surface area (Å²) in [7, 11) is 3.71. The molecule has 0 spiro atoms. The Morgan fingerprint density at radius 3 is 2.85 bits per heavy atom. The summed E-state index contributed by atoms with van der Waals surface area (Å²) in [5.74, 6) is 1.19. The van der Waals surface area contributed by atoms with Crippen LogP contribution in [0, 0.1) is 6.92 Å². The Balaban J connectivity index is 2.07. The Kier molecular flexibility index (Phi) is 3.88. The molecule has 2 rings (SSSR count). The highest BCUT2D eigenvalue weighted by molar-refractivity contribution is 5.88. The van der Waals surface area contributed by atoms with Gasteiger partial charge in [0.05, 0.1) is 6.54 Å². The van der Waals surface area contributed by atoms with Crippen LogP contribution in [0.4, 0.5) is 11.8 Å². The van der Waals surface area contributed by atoms with Crippen LogP contribution in [0.25, 0.3) is 0 Å². The highest BCUT2D eigenvalue weighted by Crippen LogP contribution is 2.16. The van der Waals surface area contributed by atoms with E-state index in [0.717, 1.165) is 0 Å². The third kappa shape index (κ3) is 3.05. The summed E-state index contributed by atoms with van der Waals surface area (Å²) in [5, 5.41) is 12.0. The number of anilines is 2. The minimum atomic E-state index is -0.991. The lowest BCUT2D eigenvalue weighted by Gasteiger charge is -2.11. The van der Waals surface area contributed by atoms with Crippen molar-refractivity contribution in [1.29, 1.82) is 0 Å². The van der Waals surface area contributed by atoms with Crippen LogP contribution in [0.3, 0.4) is 0 Å². The summed E-state index contributed by atoms with van der Waals surface area (Å²) in [5.41, 5.74) is 0.179. The molecule has 0 atom stereocenters. The lowest BCUT2D eigenvalue weighted by molar-refractivity contribution is 0.0695. The Bertz CT molecular complexity index is 622. The normalized spacial score (nSPS) is 10.3. The van der Waals surface area contributed by atoms with Crippen molar-refractivity contribution < 1.29 is 14.3 Å². The predicted molar refractivity (Wildman–Crippen MR) is 74.1 cm³/mol. The Hall–Kier alpha value is -2.57. The quantitative estimate of drug-likeness (QED) is 0.859. The number of aromatic carboxylic acids is 1. The summed E-state index contributed by atoms with van der Waals surface area (Å²) in [6.45, 7) is 1.99. The molecule has 0 aromatic carbocycles. The molecule has 7 heteroatoms. The summed E-state index contributed by atoms with van der Waals surface area (Å²) >= 11 is 0. The molecule has 0 saturated heterocycles. The number of hydrogen-bond donors (Lipinski definition) is 2. The van der Waals surface area contributed by atoms with E-state index < -0.39 is 5.97 Å². The molecule has 2 N–H and O–H groups in total. The van der Waals surface area contributed by atoms with Crippen molar-refractivity contribution in [1.82, 2.24) is 9.97 Å². The van der Waals surface area contributed by atoms with Crippen molar-refractivity contribution in [2.45, 2.75) is 13.5 Å². The second kappa shape index (κ2) is 5.60. The first-order chi connectivity index (χ1) is 9.47. The second-order valence-corrected chi connectivity index (χ2v) is 4.48. The first-order valence-electron chi connectivity index (χ1n) is 6.04. The van der Waals surface area contributed by atoms with Gasteiger partial charge in [0.15, 0.2) is 0 Å². The third-order valence-electron chi connectivity index (χ3n) is 2.69. The summed E-state index contributed by atoms with van der Waals surface area (Å²) in [4.78, 5) is 21.1. The number of aromatic nitrogens is 2. The topological polar surface area (TPSA) is 91.5 Å². The van der Waals surface area contributed by atoms with Gasteiger partial charge in [-0.15, -0.1) is 0 Å². The maximum Gasteiger partial charge on any atom is 0.339 e. The van der Waals surface area contributed by atoms with Gasteiger partial charge in [-0.05, 0) is 19.1 Å². The van der Waals surface area contributed by atoms with E-state index in [1.807, 2.05) is 14.1 Å². The van der Waals surface area contributed by atoms with Crippen molar-refractivity contribution in [2.24, 2.45) is 0 Å². The van der Waals surface area contributed by atoms with E-state index in [0.29, 0.717) is 29.8 Å². The van der Waals surface area contributed by atoms with Crippen LogP contribution in [0.2, 0.25) is 0 Å². The van der Waals surface area contributed by atoms with Crippen molar-refractivity contribution in [3.05, 3.63) is 35.4 Å². The average Bonchev–Trinajstić information content (AvgIpc) is 2.78. The molecule has 2 aromatic heterocycles. The van der Waals surface area contributed by atoms with E-state index in [1.165, 1.54) is 6.07 Å². The predicted octanol–water partition coefficient (Wildman–Crippen LogP) is 1.75. The molecule has 2 aromatic rings. The molecular formula is C13H16N4O3. The molecule has 0 bridgehead atoms. The highest BCUT2D eigenvalue weighted by atomic mass is 16.4. The van der Waals surface area contributed by atoms with Crippen molar-refractivity contribution >= 4 is 17.7 Å². The monoisotopic (exact) mass is 276 g/mol. The first kappa shape index (κ1) is 13.9. The molecule has 0 unspecified atom stereocenters. The van der Waals surface area contributed by atoms with Gasteiger partial charge in [0.25, 0.3) is 0 Å². The fourth-order valence-electron chi connectivity index (χ4n) is 1.68. The van der Waals surface area contributed by atoms with Crippen LogP contribution in [0.5, 0.6) is 0 Å². The minimum Gasteiger partial charge on any atom is -0.478 e. The van der Waals surface area contributed by atoms with E-state index >= 15 is 0 Å². The number of carboxylic acids is 1. The summed E-state index contributed by atoms with van der Waals surface area (Å²) in [6.07, 6.45) is 1.65. The van der Waals surface area contributed by atoms with Crippen molar-refractivity contribution in [3.8, 4) is 0 Å².